The smallest absolute Gasteiger partial charge is 0.283 e. The Balaban J connectivity index is 1.75. The Labute approximate surface area is 151 Å². The lowest BCUT2D eigenvalue weighted by molar-refractivity contribution is 0.0958. The van der Waals surface area contributed by atoms with Gasteiger partial charge in [-0.1, -0.05) is 43.4 Å². The van der Waals surface area contributed by atoms with E-state index in [4.69, 9.17) is 5.73 Å². The summed E-state index contributed by atoms with van der Waals surface area (Å²) in [5, 5.41) is 4.41. The van der Waals surface area contributed by atoms with E-state index >= 15 is 0 Å². The number of nitrogens with one attached hydrogen (secondary N) is 1. The predicted molar refractivity (Wildman–Crippen MR) is 103 cm³/mol. The molecule has 1 aliphatic rings. The third kappa shape index (κ3) is 3.02. The molecule has 25 heavy (non-hydrogen) atoms. The van der Waals surface area contributed by atoms with Crippen molar-refractivity contribution < 1.29 is 4.79 Å². The number of aromatic nitrogens is 1. The summed E-state index contributed by atoms with van der Waals surface area (Å²) in [7, 11) is 2.04. The number of benzene rings is 1. The second-order valence-electron chi connectivity index (χ2n) is 6.44. The number of carbonyl (C=O) groups is 1. The first-order valence-electron chi connectivity index (χ1n) is 7.92. The van der Waals surface area contributed by atoms with Crippen LogP contribution in [0.2, 0.25) is 0 Å². The summed E-state index contributed by atoms with van der Waals surface area (Å²) in [5.74, 6) is -0.302. The first-order chi connectivity index (χ1) is 11.8. The average Bonchev–Trinajstić information content (AvgIpc) is 3.00. The molecule has 3 N–H and O–H groups in total. The van der Waals surface area contributed by atoms with E-state index < -0.39 is 0 Å². The van der Waals surface area contributed by atoms with Crippen molar-refractivity contribution in [3.63, 3.8) is 0 Å². The van der Waals surface area contributed by atoms with Gasteiger partial charge in [0.1, 0.15) is 4.88 Å². The van der Waals surface area contributed by atoms with Crippen molar-refractivity contribution in [2.24, 2.45) is 5.10 Å². The number of aryl methyl sites for hydroxylation is 1. The highest BCUT2D eigenvalue weighted by atomic mass is 32.1. The summed E-state index contributed by atoms with van der Waals surface area (Å²) < 4.78 is 0. The van der Waals surface area contributed by atoms with Crippen LogP contribution in [-0.4, -0.2) is 24.2 Å². The molecule has 0 fully saturated rings. The number of amides is 1. The maximum Gasteiger partial charge on any atom is 0.283 e. The van der Waals surface area contributed by atoms with E-state index in [9.17, 15) is 4.79 Å². The van der Waals surface area contributed by atoms with Gasteiger partial charge in [-0.05, 0) is 24.6 Å². The van der Waals surface area contributed by atoms with Crippen LogP contribution >= 0.6 is 11.3 Å². The molecule has 0 aliphatic carbocycles. The van der Waals surface area contributed by atoms with Crippen molar-refractivity contribution in [3.05, 3.63) is 52.2 Å². The average molecular weight is 355 g/mol. The molecule has 7 heteroatoms. The molecular formula is C18H21N5OS. The number of allylic oxidation sites excluding steroid dienone is 2. The number of hydrogen-bond acceptors (Lipinski definition) is 6. The van der Waals surface area contributed by atoms with Gasteiger partial charge in [0.2, 0.25) is 0 Å². The van der Waals surface area contributed by atoms with Gasteiger partial charge < -0.3 is 10.6 Å². The van der Waals surface area contributed by atoms with E-state index in [-0.39, 0.29) is 11.3 Å². The first kappa shape index (κ1) is 17.2. The van der Waals surface area contributed by atoms with E-state index in [0.717, 1.165) is 17.0 Å². The van der Waals surface area contributed by atoms with Crippen molar-refractivity contribution in [1.82, 2.24) is 10.4 Å². The van der Waals surface area contributed by atoms with Crippen LogP contribution in [0.4, 0.5) is 10.8 Å². The van der Waals surface area contributed by atoms with E-state index in [0.29, 0.717) is 15.7 Å². The minimum absolute atomic E-state index is 0.121. The molecule has 130 valence electrons. The monoisotopic (exact) mass is 355 g/mol. The Morgan fingerprint density at radius 3 is 2.76 bits per heavy atom. The number of carbonyl (C=O) groups excluding carboxylic acids is 1. The van der Waals surface area contributed by atoms with Gasteiger partial charge >= 0.3 is 0 Å². The first-order valence-corrected chi connectivity index (χ1v) is 8.74. The lowest BCUT2D eigenvalue weighted by Gasteiger charge is -2.23. The topological polar surface area (TPSA) is 83.6 Å². The Hall–Kier alpha value is -2.67. The van der Waals surface area contributed by atoms with Crippen LogP contribution in [0.1, 0.15) is 34.8 Å². The van der Waals surface area contributed by atoms with Gasteiger partial charge in [-0.15, -0.1) is 0 Å². The molecule has 0 saturated carbocycles. The van der Waals surface area contributed by atoms with Crippen LogP contribution in [0.5, 0.6) is 0 Å². The number of nitrogens with two attached hydrogens (primary N) is 1. The van der Waals surface area contributed by atoms with Gasteiger partial charge in [-0.25, -0.2) is 10.4 Å². The highest BCUT2D eigenvalue weighted by Crippen LogP contribution is 2.46. The van der Waals surface area contributed by atoms with Crippen molar-refractivity contribution in [2.75, 3.05) is 17.7 Å². The molecule has 0 radical (unpaired) electrons. The third-order valence-electron chi connectivity index (χ3n) is 4.43. The van der Waals surface area contributed by atoms with Crippen molar-refractivity contribution in [1.29, 1.82) is 0 Å². The summed E-state index contributed by atoms with van der Waals surface area (Å²) in [4.78, 5) is 18.8. The van der Waals surface area contributed by atoms with Crippen LogP contribution < -0.4 is 16.1 Å². The standard InChI is InChI=1S/C18H21N5OS/c1-11-15(25-17(19)21-11)16(24)22-20-10-9-14-18(2,3)12-7-5-6-8-13(12)23(14)4/h5-10H,1-4H3,(H2,19,21)(H,22,24)/b14-9-,20-10?. The molecule has 1 aliphatic heterocycles. The molecule has 0 unspecified atom stereocenters. The number of rotatable bonds is 3. The number of hydrogen-bond donors (Lipinski definition) is 2. The molecule has 0 saturated heterocycles. The van der Waals surface area contributed by atoms with E-state index in [2.05, 4.69) is 52.5 Å². The maximum atomic E-state index is 12.1. The Bertz CT molecular complexity index is 881. The second kappa shape index (κ2) is 6.33. The normalized spacial score (nSPS) is 17.3. The zero-order chi connectivity index (χ0) is 18.2. The highest BCUT2D eigenvalue weighted by Gasteiger charge is 2.37. The number of para-hydroxylation sites is 1. The van der Waals surface area contributed by atoms with Crippen molar-refractivity contribution in [2.45, 2.75) is 26.2 Å². The number of anilines is 2. The lowest BCUT2D eigenvalue weighted by Crippen LogP contribution is -2.23. The summed E-state index contributed by atoms with van der Waals surface area (Å²) >= 11 is 1.15. The SMILES string of the molecule is Cc1nc(N)sc1C(=O)NN=C/C=C1\N(C)c2ccccc2C1(C)C. The van der Waals surface area contributed by atoms with Crippen LogP contribution in [0.3, 0.4) is 0 Å². The van der Waals surface area contributed by atoms with E-state index in [1.165, 1.54) is 11.3 Å². The zero-order valence-electron chi connectivity index (χ0n) is 14.7. The fraction of sp³-hybridized carbons (Fsp3) is 0.278. The van der Waals surface area contributed by atoms with Crippen molar-refractivity contribution in [3.8, 4) is 0 Å². The van der Waals surface area contributed by atoms with Crippen LogP contribution in [0.25, 0.3) is 0 Å². The molecule has 2 heterocycles. The van der Waals surface area contributed by atoms with Crippen LogP contribution in [-0.2, 0) is 5.41 Å². The second-order valence-corrected chi connectivity index (χ2v) is 7.47. The third-order valence-corrected chi connectivity index (χ3v) is 5.42. The Morgan fingerprint density at radius 1 is 1.40 bits per heavy atom. The van der Waals surface area contributed by atoms with Gasteiger partial charge in [0.25, 0.3) is 5.91 Å². The van der Waals surface area contributed by atoms with Gasteiger partial charge in [0, 0.05) is 30.1 Å². The number of fused-ring (bicyclic) bond motifs is 1. The molecule has 2 aromatic rings. The number of likely N-dealkylation sites (N-methyl/N-ethyl adjacent to an activating group) is 1. The Morgan fingerprint density at radius 2 is 2.12 bits per heavy atom. The molecule has 6 nitrogen and oxygen atoms in total. The quantitative estimate of drug-likeness (QED) is 0.655. The summed E-state index contributed by atoms with van der Waals surface area (Å²) in [6.07, 6.45) is 3.53. The van der Waals surface area contributed by atoms with Gasteiger partial charge in [-0.3, -0.25) is 4.79 Å². The minimum atomic E-state index is -0.302. The number of thiazole rings is 1. The summed E-state index contributed by atoms with van der Waals surface area (Å²) in [6.45, 7) is 6.11. The number of nitrogens with zero attached hydrogens (tertiary/aromatic N) is 3. The molecule has 1 aromatic carbocycles. The Kier molecular flexibility index (Phi) is 4.34. The molecule has 0 spiro atoms. The minimum Gasteiger partial charge on any atom is -0.375 e. The van der Waals surface area contributed by atoms with E-state index in [1.54, 1.807) is 13.1 Å². The van der Waals surface area contributed by atoms with Gasteiger partial charge in [-0.2, -0.15) is 5.10 Å². The molecule has 1 aromatic heterocycles. The molecule has 3 rings (SSSR count). The zero-order valence-corrected chi connectivity index (χ0v) is 15.5. The highest BCUT2D eigenvalue weighted by molar-refractivity contribution is 7.17. The maximum absolute atomic E-state index is 12.1. The summed E-state index contributed by atoms with van der Waals surface area (Å²) in [6, 6.07) is 8.33. The molecule has 0 atom stereocenters. The van der Waals surface area contributed by atoms with Crippen LogP contribution in [0.15, 0.2) is 41.1 Å². The molecular weight excluding hydrogens is 334 g/mol. The number of hydrazone groups is 1. The fourth-order valence-corrected chi connectivity index (χ4v) is 3.91. The molecule has 1 amide bonds. The van der Waals surface area contributed by atoms with E-state index in [1.807, 2.05) is 19.2 Å². The van der Waals surface area contributed by atoms with Gasteiger partial charge in [0.15, 0.2) is 5.13 Å². The largest absolute Gasteiger partial charge is 0.375 e. The van der Waals surface area contributed by atoms with Crippen molar-refractivity contribution >= 4 is 34.3 Å². The predicted octanol–water partition coefficient (Wildman–Crippen LogP) is 3.06. The number of nitrogen functional groups attached to an aromatic ring is 1. The molecule has 0 bridgehead atoms. The van der Waals surface area contributed by atoms with Crippen LogP contribution in [0, 0.1) is 6.92 Å². The van der Waals surface area contributed by atoms with Gasteiger partial charge in [0.05, 0.1) is 5.69 Å². The fourth-order valence-electron chi connectivity index (χ4n) is 3.18. The summed E-state index contributed by atoms with van der Waals surface area (Å²) in [5.41, 5.74) is 12.2. The lowest BCUT2D eigenvalue weighted by atomic mass is 9.84.